The lowest BCUT2D eigenvalue weighted by molar-refractivity contribution is 0.311. The molecule has 0 saturated heterocycles. The van der Waals surface area contributed by atoms with Crippen LogP contribution in [0.25, 0.3) is 0 Å². The van der Waals surface area contributed by atoms with E-state index in [-0.39, 0.29) is 0 Å². The standard InChI is InChI=1S/C10H23NS/c1-4-12-9-5-6-10(2,3)7-8-11/h4-9,11H2,1-3H3. The third-order valence-electron chi connectivity index (χ3n) is 2.17. The van der Waals surface area contributed by atoms with E-state index in [0.29, 0.717) is 5.41 Å². The molecule has 2 N–H and O–H groups in total. The molecule has 0 heterocycles. The molecule has 0 saturated carbocycles. The molecule has 2 heteroatoms. The summed E-state index contributed by atoms with van der Waals surface area (Å²) in [6.07, 6.45) is 3.81. The van der Waals surface area contributed by atoms with Crippen LogP contribution in [0.15, 0.2) is 0 Å². The minimum atomic E-state index is 0.461. The van der Waals surface area contributed by atoms with Crippen molar-refractivity contribution >= 4 is 11.8 Å². The van der Waals surface area contributed by atoms with Crippen molar-refractivity contribution in [3.63, 3.8) is 0 Å². The van der Waals surface area contributed by atoms with Crippen LogP contribution in [0, 0.1) is 5.41 Å². The van der Waals surface area contributed by atoms with Crippen LogP contribution in [0.1, 0.15) is 40.0 Å². The van der Waals surface area contributed by atoms with Gasteiger partial charge in [0.1, 0.15) is 0 Å². The average Bonchev–Trinajstić information content (AvgIpc) is 1.98. The van der Waals surface area contributed by atoms with Crippen molar-refractivity contribution in [2.45, 2.75) is 40.0 Å². The van der Waals surface area contributed by atoms with Gasteiger partial charge in [-0.1, -0.05) is 20.8 Å². The second kappa shape index (κ2) is 6.79. The van der Waals surface area contributed by atoms with E-state index in [2.05, 4.69) is 20.8 Å². The van der Waals surface area contributed by atoms with Crippen molar-refractivity contribution in [2.75, 3.05) is 18.1 Å². The molecule has 0 aliphatic rings. The topological polar surface area (TPSA) is 26.0 Å². The highest BCUT2D eigenvalue weighted by Gasteiger charge is 2.15. The molecule has 0 unspecified atom stereocenters. The van der Waals surface area contributed by atoms with E-state index < -0.39 is 0 Å². The number of hydrogen-bond acceptors (Lipinski definition) is 2. The molecule has 0 aliphatic heterocycles. The van der Waals surface area contributed by atoms with E-state index in [1.54, 1.807) is 0 Å². The van der Waals surface area contributed by atoms with Crippen LogP contribution in [0.2, 0.25) is 0 Å². The summed E-state index contributed by atoms with van der Waals surface area (Å²) in [5.41, 5.74) is 6.00. The first-order valence-electron chi connectivity index (χ1n) is 4.90. The summed E-state index contributed by atoms with van der Waals surface area (Å²) in [6, 6.07) is 0. The van der Waals surface area contributed by atoms with E-state index in [0.717, 1.165) is 13.0 Å². The van der Waals surface area contributed by atoms with Crippen molar-refractivity contribution in [3.05, 3.63) is 0 Å². The predicted octanol–water partition coefficient (Wildman–Crippen LogP) is 2.89. The van der Waals surface area contributed by atoms with Gasteiger partial charge < -0.3 is 5.73 Å². The van der Waals surface area contributed by atoms with Gasteiger partial charge in [-0.3, -0.25) is 0 Å². The number of hydrogen-bond donors (Lipinski definition) is 1. The fourth-order valence-electron chi connectivity index (χ4n) is 1.31. The maximum atomic E-state index is 5.54. The molecule has 0 aromatic rings. The Kier molecular flexibility index (Phi) is 6.96. The Morgan fingerprint density at radius 3 is 2.42 bits per heavy atom. The summed E-state index contributed by atoms with van der Waals surface area (Å²) in [5.74, 6) is 2.56. The van der Waals surface area contributed by atoms with Crippen LogP contribution < -0.4 is 5.73 Å². The Hall–Kier alpha value is 0.310. The second-order valence-corrected chi connectivity index (χ2v) is 5.40. The molecule has 0 bridgehead atoms. The molecule has 12 heavy (non-hydrogen) atoms. The molecule has 0 atom stereocenters. The number of nitrogens with two attached hydrogens (primary N) is 1. The van der Waals surface area contributed by atoms with Crippen molar-refractivity contribution in [3.8, 4) is 0 Å². The minimum absolute atomic E-state index is 0.461. The average molecular weight is 189 g/mol. The van der Waals surface area contributed by atoms with Crippen molar-refractivity contribution in [2.24, 2.45) is 11.1 Å². The fourth-order valence-corrected chi connectivity index (χ4v) is 1.95. The van der Waals surface area contributed by atoms with Gasteiger partial charge in [0.15, 0.2) is 0 Å². The molecule has 1 nitrogen and oxygen atoms in total. The van der Waals surface area contributed by atoms with Crippen molar-refractivity contribution in [1.29, 1.82) is 0 Å². The highest BCUT2D eigenvalue weighted by atomic mass is 32.2. The summed E-state index contributed by atoms with van der Waals surface area (Å²) in [7, 11) is 0. The molecule has 0 aromatic carbocycles. The van der Waals surface area contributed by atoms with Crippen LogP contribution in [-0.4, -0.2) is 18.1 Å². The molecule has 0 aliphatic carbocycles. The SMILES string of the molecule is CCSCCCC(C)(C)CCN. The van der Waals surface area contributed by atoms with Gasteiger partial charge in [-0.05, 0) is 42.7 Å². The highest BCUT2D eigenvalue weighted by Crippen LogP contribution is 2.26. The van der Waals surface area contributed by atoms with Gasteiger partial charge in [-0.25, -0.2) is 0 Å². The quantitative estimate of drug-likeness (QED) is 0.623. The van der Waals surface area contributed by atoms with E-state index in [9.17, 15) is 0 Å². The summed E-state index contributed by atoms with van der Waals surface area (Å²) in [5, 5.41) is 0. The summed E-state index contributed by atoms with van der Waals surface area (Å²) >= 11 is 2.04. The highest BCUT2D eigenvalue weighted by molar-refractivity contribution is 7.99. The predicted molar refractivity (Wildman–Crippen MR) is 59.7 cm³/mol. The third kappa shape index (κ3) is 6.99. The van der Waals surface area contributed by atoms with Crippen LogP contribution in [0.5, 0.6) is 0 Å². The normalized spacial score (nSPS) is 12.0. The monoisotopic (exact) mass is 189 g/mol. The van der Waals surface area contributed by atoms with Crippen LogP contribution >= 0.6 is 11.8 Å². The molecule has 0 amide bonds. The largest absolute Gasteiger partial charge is 0.330 e. The van der Waals surface area contributed by atoms with Gasteiger partial charge >= 0.3 is 0 Å². The van der Waals surface area contributed by atoms with Gasteiger partial charge in [-0.15, -0.1) is 0 Å². The lowest BCUT2D eigenvalue weighted by atomic mass is 9.85. The zero-order chi connectivity index (χ0) is 9.45. The zero-order valence-electron chi connectivity index (χ0n) is 8.73. The van der Waals surface area contributed by atoms with E-state index in [4.69, 9.17) is 5.73 Å². The summed E-state index contributed by atoms with van der Waals surface area (Å²) in [6.45, 7) is 7.68. The van der Waals surface area contributed by atoms with E-state index in [1.165, 1.54) is 24.3 Å². The summed E-state index contributed by atoms with van der Waals surface area (Å²) in [4.78, 5) is 0. The second-order valence-electron chi connectivity index (χ2n) is 4.00. The Labute approximate surface area is 81.5 Å². The van der Waals surface area contributed by atoms with Gasteiger partial charge in [0.2, 0.25) is 0 Å². The smallest absolute Gasteiger partial charge is 0.00674 e. The van der Waals surface area contributed by atoms with Gasteiger partial charge in [0.25, 0.3) is 0 Å². The lowest BCUT2D eigenvalue weighted by Gasteiger charge is -2.23. The molecule has 0 fully saturated rings. The molecular weight excluding hydrogens is 166 g/mol. The summed E-state index contributed by atoms with van der Waals surface area (Å²) < 4.78 is 0. The molecule has 0 radical (unpaired) electrons. The first-order valence-corrected chi connectivity index (χ1v) is 6.05. The van der Waals surface area contributed by atoms with Crippen LogP contribution in [0.4, 0.5) is 0 Å². The fraction of sp³-hybridized carbons (Fsp3) is 1.00. The van der Waals surface area contributed by atoms with E-state index in [1.807, 2.05) is 11.8 Å². The molecular formula is C10H23NS. The number of thioether (sulfide) groups is 1. The molecule has 0 aromatic heterocycles. The van der Waals surface area contributed by atoms with Crippen molar-refractivity contribution in [1.82, 2.24) is 0 Å². The van der Waals surface area contributed by atoms with Crippen LogP contribution in [-0.2, 0) is 0 Å². The first kappa shape index (κ1) is 12.3. The Morgan fingerprint density at radius 2 is 1.92 bits per heavy atom. The Morgan fingerprint density at radius 1 is 1.25 bits per heavy atom. The Bertz CT molecular complexity index is 102. The van der Waals surface area contributed by atoms with Crippen molar-refractivity contribution < 1.29 is 0 Å². The van der Waals surface area contributed by atoms with Crippen LogP contribution in [0.3, 0.4) is 0 Å². The molecule has 0 spiro atoms. The molecule has 0 rings (SSSR count). The minimum Gasteiger partial charge on any atom is -0.330 e. The lowest BCUT2D eigenvalue weighted by Crippen LogP contribution is -2.17. The zero-order valence-corrected chi connectivity index (χ0v) is 9.54. The van der Waals surface area contributed by atoms with Gasteiger partial charge in [0.05, 0.1) is 0 Å². The maximum absolute atomic E-state index is 5.54. The first-order chi connectivity index (χ1) is 5.62. The maximum Gasteiger partial charge on any atom is -0.00674 e. The number of rotatable bonds is 7. The van der Waals surface area contributed by atoms with Gasteiger partial charge in [-0.2, -0.15) is 11.8 Å². The third-order valence-corrected chi connectivity index (χ3v) is 3.15. The van der Waals surface area contributed by atoms with Gasteiger partial charge in [0, 0.05) is 0 Å². The Balaban J connectivity index is 3.33. The molecule has 74 valence electrons. The van der Waals surface area contributed by atoms with E-state index >= 15 is 0 Å².